The van der Waals surface area contributed by atoms with Gasteiger partial charge in [-0.2, -0.15) is 0 Å². The first-order valence-corrected chi connectivity index (χ1v) is 13.2. The number of ether oxygens (including phenoxy) is 4. The second-order valence-corrected chi connectivity index (χ2v) is 9.26. The third-order valence-electron chi connectivity index (χ3n) is 6.37. The van der Waals surface area contributed by atoms with Crippen LogP contribution >= 0.6 is 0 Å². The zero-order valence-electron chi connectivity index (χ0n) is 21.0. The van der Waals surface area contributed by atoms with Crippen LogP contribution in [-0.2, 0) is 18.9 Å². The van der Waals surface area contributed by atoms with Crippen LogP contribution in [0, 0.1) is 0 Å². The first kappa shape index (κ1) is 30.7. The molecule has 3 unspecified atom stereocenters. The fourth-order valence-electron chi connectivity index (χ4n) is 4.12. The van der Waals surface area contributed by atoms with Crippen LogP contribution in [0.1, 0.15) is 96.8 Å². The van der Waals surface area contributed by atoms with Crippen LogP contribution in [0.2, 0.25) is 0 Å². The molecule has 0 aromatic rings. The summed E-state index contributed by atoms with van der Waals surface area (Å²) in [6, 6.07) is -0.953. The van der Waals surface area contributed by atoms with Crippen molar-refractivity contribution in [2.45, 2.75) is 134 Å². The fourth-order valence-corrected chi connectivity index (χ4v) is 4.12. The zero-order chi connectivity index (χ0) is 24.3. The van der Waals surface area contributed by atoms with Crippen LogP contribution in [0.3, 0.4) is 0 Å². The summed E-state index contributed by atoms with van der Waals surface area (Å²) in [5.74, 6) is 0. The molecule has 8 heteroatoms. The van der Waals surface area contributed by atoms with Gasteiger partial charge in [-0.05, 0) is 6.42 Å². The number of hydrogen-bond donors (Lipinski definition) is 4. The van der Waals surface area contributed by atoms with Crippen LogP contribution in [0.15, 0.2) is 0 Å². The van der Waals surface area contributed by atoms with Crippen LogP contribution in [-0.4, -0.2) is 79.2 Å². The van der Waals surface area contributed by atoms with Crippen LogP contribution in [0.4, 0.5) is 0 Å². The van der Waals surface area contributed by atoms with Gasteiger partial charge in [0, 0.05) is 13.7 Å². The topological polar surface area (TPSA) is 124 Å². The fraction of sp³-hybridized carbons (Fsp3) is 1.00. The normalized spacial score (nSPS) is 26.5. The van der Waals surface area contributed by atoms with E-state index in [1.54, 1.807) is 0 Å². The standard InChI is InChI=1S/C25H51NO7/c1-3-4-5-6-7-8-9-10-11-12-13-14-15-16-17-31-19-21(30-2)33-25-22(26)24(29)23(28)20(18-27)32-25/h20-25,27-29H,3-19,26H2,1-2H3/t20?,21?,22-,23-,24?,25-/m0/s1. The molecule has 1 aliphatic heterocycles. The Labute approximate surface area is 201 Å². The Balaban J connectivity index is 1.98. The quantitative estimate of drug-likeness (QED) is 0.147. The molecule has 6 atom stereocenters. The number of methoxy groups -OCH3 is 1. The third kappa shape index (κ3) is 13.4. The van der Waals surface area contributed by atoms with E-state index in [2.05, 4.69) is 6.92 Å². The lowest BCUT2D eigenvalue weighted by Gasteiger charge is -2.41. The predicted molar refractivity (Wildman–Crippen MR) is 129 cm³/mol. The Morgan fingerprint density at radius 3 is 1.82 bits per heavy atom. The molecule has 198 valence electrons. The lowest BCUT2D eigenvalue weighted by atomic mass is 9.98. The van der Waals surface area contributed by atoms with Crippen molar-refractivity contribution in [2.24, 2.45) is 5.73 Å². The van der Waals surface area contributed by atoms with Gasteiger partial charge in [0.25, 0.3) is 0 Å². The maximum atomic E-state index is 10.0. The molecular formula is C25H51NO7. The van der Waals surface area contributed by atoms with Gasteiger partial charge in [0.15, 0.2) is 12.6 Å². The number of aliphatic hydroxyl groups is 3. The van der Waals surface area contributed by atoms with E-state index in [1.807, 2.05) is 0 Å². The largest absolute Gasteiger partial charge is 0.394 e. The maximum absolute atomic E-state index is 10.0. The lowest BCUT2D eigenvalue weighted by molar-refractivity contribution is -0.312. The molecule has 33 heavy (non-hydrogen) atoms. The summed E-state index contributed by atoms with van der Waals surface area (Å²) in [6.45, 7) is 2.65. The van der Waals surface area contributed by atoms with Gasteiger partial charge in [-0.3, -0.25) is 0 Å². The summed E-state index contributed by atoms with van der Waals surface area (Å²) in [5.41, 5.74) is 5.89. The highest BCUT2D eigenvalue weighted by atomic mass is 16.8. The van der Waals surface area contributed by atoms with Crippen molar-refractivity contribution in [2.75, 3.05) is 26.9 Å². The molecule has 0 aromatic carbocycles. The van der Waals surface area contributed by atoms with Crippen LogP contribution < -0.4 is 5.73 Å². The number of rotatable bonds is 21. The monoisotopic (exact) mass is 477 g/mol. The van der Waals surface area contributed by atoms with E-state index in [1.165, 1.54) is 84.2 Å². The molecule has 5 N–H and O–H groups in total. The molecule has 0 aromatic heterocycles. The van der Waals surface area contributed by atoms with E-state index >= 15 is 0 Å². The van der Waals surface area contributed by atoms with Gasteiger partial charge in [0.1, 0.15) is 18.3 Å². The number of hydrogen-bond acceptors (Lipinski definition) is 8. The van der Waals surface area contributed by atoms with Crippen molar-refractivity contribution in [3.8, 4) is 0 Å². The Bertz CT molecular complexity index is 441. The summed E-state index contributed by atoms with van der Waals surface area (Å²) in [5, 5.41) is 29.1. The van der Waals surface area contributed by atoms with E-state index in [4.69, 9.17) is 24.7 Å². The maximum Gasteiger partial charge on any atom is 0.183 e. The molecule has 0 radical (unpaired) electrons. The lowest BCUT2D eigenvalue weighted by Crippen LogP contribution is -2.63. The van der Waals surface area contributed by atoms with Crippen molar-refractivity contribution >= 4 is 0 Å². The Morgan fingerprint density at radius 1 is 0.818 bits per heavy atom. The molecule has 0 saturated carbocycles. The van der Waals surface area contributed by atoms with E-state index in [9.17, 15) is 15.3 Å². The van der Waals surface area contributed by atoms with Crippen molar-refractivity contribution in [1.29, 1.82) is 0 Å². The Hall–Kier alpha value is -0.320. The number of unbranched alkanes of at least 4 members (excludes halogenated alkanes) is 13. The van der Waals surface area contributed by atoms with Gasteiger partial charge in [0.2, 0.25) is 0 Å². The number of aliphatic hydroxyl groups excluding tert-OH is 3. The Kier molecular flexibility index (Phi) is 18.5. The first-order valence-electron chi connectivity index (χ1n) is 13.2. The Morgan fingerprint density at radius 2 is 1.33 bits per heavy atom. The predicted octanol–water partition coefficient (Wildman–Crippen LogP) is 3.24. The highest BCUT2D eigenvalue weighted by Crippen LogP contribution is 2.22. The summed E-state index contributed by atoms with van der Waals surface area (Å²) in [7, 11) is 1.49. The average molecular weight is 478 g/mol. The van der Waals surface area contributed by atoms with Crippen molar-refractivity contribution in [1.82, 2.24) is 0 Å². The van der Waals surface area contributed by atoms with E-state index in [-0.39, 0.29) is 6.61 Å². The molecule has 1 heterocycles. The van der Waals surface area contributed by atoms with Crippen molar-refractivity contribution in [3.05, 3.63) is 0 Å². The molecule has 1 fully saturated rings. The zero-order valence-corrected chi connectivity index (χ0v) is 21.0. The SMILES string of the molecule is CCCCCCCCCCCCCCCCOCC(OC)O[C@@H]1OC(CO)[C@H](O)C(O)[C@@H]1N. The molecule has 0 amide bonds. The third-order valence-corrected chi connectivity index (χ3v) is 6.37. The highest BCUT2D eigenvalue weighted by molar-refractivity contribution is 4.91. The minimum Gasteiger partial charge on any atom is -0.394 e. The van der Waals surface area contributed by atoms with Crippen molar-refractivity contribution in [3.63, 3.8) is 0 Å². The molecule has 1 saturated heterocycles. The van der Waals surface area contributed by atoms with Gasteiger partial charge in [-0.25, -0.2) is 0 Å². The highest BCUT2D eigenvalue weighted by Gasteiger charge is 2.43. The molecule has 0 aliphatic carbocycles. The summed E-state index contributed by atoms with van der Waals surface area (Å²) >= 11 is 0. The summed E-state index contributed by atoms with van der Waals surface area (Å²) in [6.07, 6.45) is 13.2. The van der Waals surface area contributed by atoms with Crippen LogP contribution in [0.25, 0.3) is 0 Å². The second kappa shape index (κ2) is 19.9. The van der Waals surface area contributed by atoms with E-state index in [0.29, 0.717) is 6.61 Å². The van der Waals surface area contributed by atoms with E-state index in [0.717, 1.165) is 12.8 Å². The molecule has 1 rings (SSSR count). The van der Waals surface area contributed by atoms with Crippen LogP contribution in [0.5, 0.6) is 0 Å². The molecule has 1 aliphatic rings. The van der Waals surface area contributed by atoms with Gasteiger partial charge >= 0.3 is 0 Å². The van der Waals surface area contributed by atoms with Gasteiger partial charge in [0.05, 0.1) is 19.3 Å². The second-order valence-electron chi connectivity index (χ2n) is 9.26. The summed E-state index contributed by atoms with van der Waals surface area (Å²) < 4.78 is 22.0. The van der Waals surface area contributed by atoms with E-state index < -0.39 is 43.5 Å². The molecule has 0 bridgehead atoms. The smallest absolute Gasteiger partial charge is 0.183 e. The minimum absolute atomic E-state index is 0.212. The average Bonchev–Trinajstić information content (AvgIpc) is 2.82. The van der Waals surface area contributed by atoms with Gasteiger partial charge in [-0.15, -0.1) is 0 Å². The van der Waals surface area contributed by atoms with Crippen molar-refractivity contribution < 1.29 is 34.3 Å². The minimum atomic E-state index is -1.26. The molecular weight excluding hydrogens is 426 g/mol. The molecule has 8 nitrogen and oxygen atoms in total. The molecule has 0 spiro atoms. The number of nitrogens with two attached hydrogens (primary N) is 1. The van der Waals surface area contributed by atoms with Gasteiger partial charge < -0.3 is 40.0 Å². The first-order chi connectivity index (χ1) is 16.0. The summed E-state index contributed by atoms with van der Waals surface area (Å²) in [4.78, 5) is 0. The van der Waals surface area contributed by atoms with Gasteiger partial charge in [-0.1, -0.05) is 90.4 Å².